The number of para-hydroxylation sites is 1. The topological polar surface area (TPSA) is 108 Å². The lowest BCUT2D eigenvalue weighted by Gasteiger charge is -2.27. The molecule has 12 heteroatoms. The van der Waals surface area contributed by atoms with E-state index in [-0.39, 0.29) is 29.3 Å². The molecular weight excluding hydrogens is 534 g/mol. The molecule has 1 saturated heterocycles. The monoisotopic (exact) mass is 559 g/mol. The number of benzene rings is 3. The number of anilines is 2. The van der Waals surface area contributed by atoms with Crippen molar-refractivity contribution in [2.45, 2.75) is 37.8 Å². The van der Waals surface area contributed by atoms with Crippen LogP contribution in [0, 0.1) is 0 Å². The van der Waals surface area contributed by atoms with Crippen LogP contribution in [-0.4, -0.2) is 46.9 Å². The summed E-state index contributed by atoms with van der Waals surface area (Å²) in [5, 5.41) is 13.6. The quantitative estimate of drug-likeness (QED) is 0.296. The molecule has 3 N–H and O–H groups in total. The van der Waals surface area contributed by atoms with Gasteiger partial charge in [-0.3, -0.25) is 4.79 Å². The van der Waals surface area contributed by atoms with Gasteiger partial charge in [-0.05, 0) is 66.9 Å². The van der Waals surface area contributed by atoms with E-state index in [0.29, 0.717) is 30.6 Å². The largest absolute Gasteiger partial charge is 0.478 e. The van der Waals surface area contributed by atoms with Crippen molar-refractivity contribution >= 4 is 29.3 Å². The maximum absolute atomic E-state index is 15.0. The number of amides is 3. The number of hydrogen-bond acceptors (Lipinski definition) is 4. The van der Waals surface area contributed by atoms with Crippen LogP contribution >= 0.6 is 0 Å². The second kappa shape index (κ2) is 12.1. The molecule has 1 fully saturated rings. The molecule has 3 aromatic carbocycles. The number of urea groups is 1. The van der Waals surface area contributed by atoms with Crippen LogP contribution in [0.5, 0.6) is 5.75 Å². The fraction of sp³-hybridized carbons (Fsp3) is 0.250. The number of nitrogens with one attached hydrogen (secondary N) is 2. The minimum Gasteiger partial charge on any atom is -0.478 e. The van der Waals surface area contributed by atoms with E-state index in [4.69, 9.17) is 9.84 Å². The van der Waals surface area contributed by atoms with Crippen LogP contribution in [0.15, 0.2) is 72.8 Å². The molecule has 4 rings (SSSR count). The number of alkyl halides is 4. The van der Waals surface area contributed by atoms with Crippen molar-refractivity contribution in [1.29, 1.82) is 0 Å². The summed E-state index contributed by atoms with van der Waals surface area (Å²) in [7, 11) is 0. The molecule has 1 aliphatic rings. The van der Waals surface area contributed by atoms with Gasteiger partial charge in [0.05, 0.1) is 29.3 Å². The van der Waals surface area contributed by atoms with Crippen molar-refractivity contribution in [2.24, 2.45) is 0 Å². The zero-order valence-electron chi connectivity index (χ0n) is 21.0. The van der Waals surface area contributed by atoms with Crippen LogP contribution in [0.3, 0.4) is 0 Å². The van der Waals surface area contributed by atoms with Crippen LogP contribution < -0.4 is 15.4 Å². The fourth-order valence-electron chi connectivity index (χ4n) is 4.37. The summed E-state index contributed by atoms with van der Waals surface area (Å²) < 4.78 is 59.7. The first-order valence-corrected chi connectivity index (χ1v) is 12.3. The second-order valence-corrected chi connectivity index (χ2v) is 9.09. The molecule has 2 atom stereocenters. The lowest BCUT2D eigenvalue weighted by atomic mass is 10.1. The summed E-state index contributed by atoms with van der Waals surface area (Å²) in [4.78, 5) is 37.6. The number of carbonyl (C=O) groups is 3. The number of hydrogen-bond donors (Lipinski definition) is 3. The number of ether oxygens (including phenoxy) is 1. The molecule has 1 aliphatic heterocycles. The zero-order chi connectivity index (χ0) is 28.9. The predicted molar refractivity (Wildman–Crippen MR) is 138 cm³/mol. The van der Waals surface area contributed by atoms with E-state index in [1.54, 1.807) is 12.1 Å². The minimum absolute atomic E-state index is 0.0362. The Kier molecular flexibility index (Phi) is 8.56. The highest BCUT2D eigenvalue weighted by molar-refractivity contribution is 6.00. The molecule has 40 heavy (non-hydrogen) atoms. The van der Waals surface area contributed by atoms with Gasteiger partial charge in [0.15, 0.2) is 0 Å². The Morgan fingerprint density at radius 3 is 2.30 bits per heavy atom. The molecule has 0 aromatic heterocycles. The van der Waals surface area contributed by atoms with E-state index >= 15 is 0 Å². The highest BCUT2D eigenvalue weighted by Gasteiger charge is 2.36. The van der Waals surface area contributed by atoms with Crippen molar-refractivity contribution in [3.8, 4) is 5.75 Å². The molecule has 0 radical (unpaired) electrons. The number of nitrogens with zero attached hydrogens (tertiary/aromatic N) is 1. The number of carboxylic acid groups (broad SMARTS) is 1. The summed E-state index contributed by atoms with van der Waals surface area (Å²) in [6, 6.07) is 14.4. The molecular formula is C28H25F4N3O5. The van der Waals surface area contributed by atoms with Gasteiger partial charge >= 0.3 is 18.2 Å². The summed E-state index contributed by atoms with van der Waals surface area (Å²) in [6.45, 7) is 0.352. The van der Waals surface area contributed by atoms with E-state index in [9.17, 15) is 31.9 Å². The number of carbonyl (C=O) groups excluding carboxylic acids is 2. The van der Waals surface area contributed by atoms with Gasteiger partial charge in [-0.2, -0.15) is 17.6 Å². The first-order valence-electron chi connectivity index (χ1n) is 12.3. The van der Waals surface area contributed by atoms with Crippen LogP contribution in [0.2, 0.25) is 0 Å². The average Bonchev–Trinajstić information content (AvgIpc) is 3.40. The minimum atomic E-state index is -4.63. The van der Waals surface area contributed by atoms with Gasteiger partial charge in [0.2, 0.25) is 5.91 Å². The molecule has 3 aromatic rings. The maximum Gasteiger partial charge on any atom is 0.418 e. The fourth-order valence-corrected chi connectivity index (χ4v) is 4.37. The molecule has 3 amide bonds. The van der Waals surface area contributed by atoms with E-state index in [0.717, 1.165) is 12.1 Å². The molecule has 210 valence electrons. The lowest BCUT2D eigenvalue weighted by molar-refractivity contribution is -0.137. The number of likely N-dealkylation sites (tertiary alicyclic amines) is 1. The molecule has 0 saturated carbocycles. The average molecular weight is 560 g/mol. The van der Waals surface area contributed by atoms with Crippen molar-refractivity contribution in [3.05, 3.63) is 89.5 Å². The summed E-state index contributed by atoms with van der Waals surface area (Å²) in [5.41, 5.74) is -0.444. The van der Waals surface area contributed by atoms with Gasteiger partial charge < -0.3 is 25.4 Å². The number of aromatic carboxylic acids is 1. The van der Waals surface area contributed by atoms with E-state index in [2.05, 4.69) is 10.6 Å². The number of rotatable bonds is 8. The predicted octanol–water partition coefficient (Wildman–Crippen LogP) is 5.96. The smallest absolute Gasteiger partial charge is 0.418 e. The lowest BCUT2D eigenvalue weighted by Crippen LogP contribution is -2.44. The van der Waals surface area contributed by atoms with Crippen LogP contribution in [-0.2, 0) is 17.4 Å². The Hall–Kier alpha value is -4.61. The van der Waals surface area contributed by atoms with Crippen LogP contribution in [0.25, 0.3) is 0 Å². The van der Waals surface area contributed by atoms with Gasteiger partial charge in [-0.15, -0.1) is 0 Å². The van der Waals surface area contributed by atoms with E-state index in [1.165, 1.54) is 53.4 Å². The molecule has 1 unspecified atom stereocenters. The molecule has 0 spiro atoms. The Labute approximate surface area is 226 Å². The third kappa shape index (κ3) is 7.07. The maximum atomic E-state index is 15.0. The highest BCUT2D eigenvalue weighted by atomic mass is 19.4. The van der Waals surface area contributed by atoms with Gasteiger partial charge in [0, 0.05) is 12.2 Å². The molecule has 0 aliphatic carbocycles. The Bertz CT molecular complexity index is 1360. The third-order valence-electron chi connectivity index (χ3n) is 6.32. The molecule has 8 nitrogen and oxygen atoms in total. The summed E-state index contributed by atoms with van der Waals surface area (Å²) in [6.07, 6.45) is -5.49. The van der Waals surface area contributed by atoms with Crippen LogP contribution in [0.1, 0.15) is 34.3 Å². The second-order valence-electron chi connectivity index (χ2n) is 9.09. The van der Waals surface area contributed by atoms with Crippen molar-refractivity contribution in [3.63, 3.8) is 0 Å². The third-order valence-corrected chi connectivity index (χ3v) is 6.32. The Balaban J connectivity index is 1.32. The van der Waals surface area contributed by atoms with E-state index < -0.39 is 36.1 Å². The van der Waals surface area contributed by atoms with Crippen LogP contribution in [0.4, 0.5) is 33.7 Å². The van der Waals surface area contributed by atoms with Crippen molar-refractivity contribution < 1.29 is 41.8 Å². The Morgan fingerprint density at radius 2 is 1.65 bits per heavy atom. The molecule has 0 bridgehead atoms. The normalized spacial score (nSPS) is 15.8. The van der Waals surface area contributed by atoms with Gasteiger partial charge in [-0.25, -0.2) is 9.59 Å². The SMILES string of the molecule is O=C(Nc1ccc(CC(=O)N2CCC[C@H]2C(F)Oc2ccc(C(=O)O)cc2)cc1)Nc1ccccc1C(F)(F)F. The van der Waals surface area contributed by atoms with Gasteiger partial charge in [0.25, 0.3) is 6.36 Å². The van der Waals surface area contributed by atoms with Crippen molar-refractivity contribution in [1.82, 2.24) is 4.90 Å². The molecule has 1 heterocycles. The number of carboxylic acids is 1. The standard InChI is InChI=1S/C28H25F4N3O5/c29-25(40-20-13-9-18(10-14-20)26(37)38)23-6-3-15-35(23)24(36)16-17-7-11-19(12-8-17)33-27(39)34-22-5-2-1-4-21(22)28(30,31)32/h1-2,4-5,7-14,23,25H,3,6,15-16H2,(H,37,38)(H2,33,34,39)/t23-,25?/m0/s1. The zero-order valence-corrected chi connectivity index (χ0v) is 21.0. The van der Waals surface area contributed by atoms with Crippen molar-refractivity contribution in [2.75, 3.05) is 17.2 Å². The van der Waals surface area contributed by atoms with Gasteiger partial charge in [-0.1, -0.05) is 24.3 Å². The summed E-state index contributed by atoms with van der Waals surface area (Å²) >= 11 is 0. The first-order chi connectivity index (χ1) is 19.0. The van der Waals surface area contributed by atoms with E-state index in [1.807, 2.05) is 0 Å². The van der Waals surface area contributed by atoms with Gasteiger partial charge in [0.1, 0.15) is 5.75 Å². The number of halogens is 4. The Morgan fingerprint density at radius 1 is 0.975 bits per heavy atom. The highest BCUT2D eigenvalue weighted by Crippen LogP contribution is 2.34. The first kappa shape index (κ1) is 28.4. The summed E-state index contributed by atoms with van der Waals surface area (Å²) in [5.74, 6) is -1.29.